The molecule has 0 radical (unpaired) electrons. The Hall–Kier alpha value is -2.84. The van der Waals surface area contributed by atoms with Gasteiger partial charge in [-0.1, -0.05) is 59.6 Å². The molecule has 4 rings (SSSR count). The Morgan fingerprint density at radius 1 is 0.840 bits per heavy atom. The molecule has 0 saturated carbocycles. The van der Waals surface area contributed by atoms with Crippen molar-refractivity contribution in [1.29, 1.82) is 0 Å². The van der Waals surface area contributed by atoms with Gasteiger partial charge in [0.05, 0.1) is 16.9 Å². The molecular weight excluding hydrogens is 328 g/mol. The number of fused-ring (bicyclic) bond motifs is 1. The summed E-state index contributed by atoms with van der Waals surface area (Å²) in [7, 11) is 0. The molecule has 0 amide bonds. The van der Waals surface area contributed by atoms with Crippen LogP contribution in [0.2, 0.25) is 5.02 Å². The highest BCUT2D eigenvalue weighted by Gasteiger charge is 2.08. The van der Waals surface area contributed by atoms with Gasteiger partial charge in [-0.3, -0.25) is 0 Å². The molecule has 1 heterocycles. The average Bonchev–Trinajstić information content (AvgIpc) is 2.64. The molecule has 0 bridgehead atoms. The van der Waals surface area contributed by atoms with Crippen LogP contribution in [0.25, 0.3) is 22.2 Å². The summed E-state index contributed by atoms with van der Waals surface area (Å²) < 4.78 is 0. The third-order valence-corrected chi connectivity index (χ3v) is 4.44. The van der Waals surface area contributed by atoms with Crippen molar-refractivity contribution >= 4 is 33.9 Å². The number of halogens is 1. The molecule has 25 heavy (non-hydrogen) atoms. The van der Waals surface area contributed by atoms with Gasteiger partial charge in [-0.05, 0) is 43.3 Å². The number of hydrogen-bond donors (Lipinski definition) is 1. The second-order valence-electron chi connectivity index (χ2n) is 6.07. The summed E-state index contributed by atoms with van der Waals surface area (Å²) in [4.78, 5) is 4.81. The van der Waals surface area contributed by atoms with E-state index >= 15 is 0 Å². The molecule has 2 nitrogen and oxygen atoms in total. The van der Waals surface area contributed by atoms with Gasteiger partial charge in [-0.2, -0.15) is 0 Å². The van der Waals surface area contributed by atoms with Crippen molar-refractivity contribution in [3.63, 3.8) is 0 Å². The molecule has 1 N–H and O–H groups in total. The fourth-order valence-corrected chi connectivity index (χ4v) is 2.97. The van der Waals surface area contributed by atoms with E-state index in [1.165, 1.54) is 5.56 Å². The molecule has 4 aromatic rings. The van der Waals surface area contributed by atoms with Gasteiger partial charge in [0, 0.05) is 21.7 Å². The molecule has 1 aromatic heterocycles. The lowest BCUT2D eigenvalue weighted by molar-refractivity contribution is 1.39. The molecule has 0 aliphatic heterocycles. The van der Waals surface area contributed by atoms with Gasteiger partial charge in [0.2, 0.25) is 0 Å². The van der Waals surface area contributed by atoms with Crippen molar-refractivity contribution < 1.29 is 0 Å². The van der Waals surface area contributed by atoms with Crippen molar-refractivity contribution in [2.24, 2.45) is 0 Å². The normalized spacial score (nSPS) is 10.8. The number of pyridine rings is 1. The maximum atomic E-state index is 6.01. The lowest BCUT2D eigenvalue weighted by atomic mass is 10.1. The molecule has 0 spiro atoms. The van der Waals surface area contributed by atoms with E-state index < -0.39 is 0 Å². The van der Waals surface area contributed by atoms with E-state index in [0.29, 0.717) is 0 Å². The van der Waals surface area contributed by atoms with Gasteiger partial charge < -0.3 is 5.32 Å². The van der Waals surface area contributed by atoms with Crippen molar-refractivity contribution in [1.82, 2.24) is 4.98 Å². The largest absolute Gasteiger partial charge is 0.355 e. The molecule has 0 fully saturated rings. The highest BCUT2D eigenvalue weighted by molar-refractivity contribution is 6.30. The van der Waals surface area contributed by atoms with Crippen molar-refractivity contribution in [2.75, 3.05) is 5.32 Å². The smallest absolute Gasteiger partial charge is 0.0730 e. The molecule has 0 aliphatic rings. The van der Waals surface area contributed by atoms with Crippen molar-refractivity contribution in [3.8, 4) is 11.3 Å². The van der Waals surface area contributed by atoms with Gasteiger partial charge in [-0.25, -0.2) is 4.98 Å². The topological polar surface area (TPSA) is 24.9 Å². The minimum Gasteiger partial charge on any atom is -0.355 e. The fraction of sp³-hybridized carbons (Fsp3) is 0.0455. The van der Waals surface area contributed by atoms with Crippen LogP contribution in [-0.4, -0.2) is 4.98 Å². The van der Waals surface area contributed by atoms with Crippen LogP contribution in [0.3, 0.4) is 0 Å². The first-order chi connectivity index (χ1) is 12.2. The van der Waals surface area contributed by atoms with Crippen LogP contribution < -0.4 is 5.32 Å². The minimum absolute atomic E-state index is 0.725. The average molecular weight is 345 g/mol. The zero-order chi connectivity index (χ0) is 17.2. The number of anilines is 2. The number of nitrogens with zero attached hydrogens (tertiary/aromatic N) is 1. The van der Waals surface area contributed by atoms with Crippen LogP contribution in [0.4, 0.5) is 11.4 Å². The Bertz CT molecular complexity index is 1020. The van der Waals surface area contributed by atoms with Crippen molar-refractivity contribution in [2.45, 2.75) is 6.92 Å². The summed E-state index contributed by atoms with van der Waals surface area (Å²) in [5.74, 6) is 0. The number of hydrogen-bond acceptors (Lipinski definition) is 2. The highest BCUT2D eigenvalue weighted by atomic mass is 35.5. The maximum absolute atomic E-state index is 6.01. The van der Waals surface area contributed by atoms with E-state index in [0.717, 1.165) is 38.6 Å². The predicted molar refractivity (Wildman–Crippen MR) is 107 cm³/mol. The molecule has 0 atom stereocenters. The Labute approximate surface area is 152 Å². The number of nitrogens with one attached hydrogen (secondary N) is 1. The first-order valence-electron chi connectivity index (χ1n) is 8.18. The van der Waals surface area contributed by atoms with Crippen LogP contribution in [-0.2, 0) is 0 Å². The van der Waals surface area contributed by atoms with Crippen LogP contribution in [0.5, 0.6) is 0 Å². The number of aryl methyl sites for hydroxylation is 1. The van der Waals surface area contributed by atoms with E-state index in [1.807, 2.05) is 42.5 Å². The fourth-order valence-electron chi connectivity index (χ4n) is 2.84. The Kier molecular flexibility index (Phi) is 4.12. The standard InChI is InChI=1S/C22H17ClN2/c1-15-6-12-18(13-7-15)24-22-14-21(16-8-10-17(23)11-9-16)25-20-5-3-2-4-19(20)22/h2-14H,1H3,(H,24,25). The summed E-state index contributed by atoms with van der Waals surface area (Å²) >= 11 is 6.01. The molecule has 0 saturated heterocycles. The molecule has 3 heteroatoms. The summed E-state index contributed by atoms with van der Waals surface area (Å²) in [5, 5.41) is 5.35. The Morgan fingerprint density at radius 2 is 1.56 bits per heavy atom. The summed E-state index contributed by atoms with van der Waals surface area (Å²) in [6.45, 7) is 2.09. The first-order valence-corrected chi connectivity index (χ1v) is 8.56. The zero-order valence-corrected chi connectivity index (χ0v) is 14.6. The van der Waals surface area contributed by atoms with Gasteiger partial charge in [0.25, 0.3) is 0 Å². The lowest BCUT2D eigenvalue weighted by Crippen LogP contribution is -1.95. The molecule has 3 aromatic carbocycles. The van der Waals surface area contributed by atoms with Gasteiger partial charge >= 0.3 is 0 Å². The second-order valence-corrected chi connectivity index (χ2v) is 6.51. The van der Waals surface area contributed by atoms with Gasteiger partial charge in [0.1, 0.15) is 0 Å². The molecule has 0 aliphatic carbocycles. The van der Waals surface area contributed by atoms with Crippen LogP contribution in [0, 0.1) is 6.92 Å². The molecule has 0 unspecified atom stereocenters. The van der Waals surface area contributed by atoms with E-state index in [1.54, 1.807) is 0 Å². The zero-order valence-electron chi connectivity index (χ0n) is 13.8. The van der Waals surface area contributed by atoms with E-state index in [4.69, 9.17) is 16.6 Å². The SMILES string of the molecule is Cc1ccc(Nc2cc(-c3ccc(Cl)cc3)nc3ccccc23)cc1. The Morgan fingerprint density at radius 3 is 2.32 bits per heavy atom. The van der Waals surface area contributed by atoms with Gasteiger partial charge in [0.15, 0.2) is 0 Å². The summed E-state index contributed by atoms with van der Waals surface area (Å²) in [6, 6.07) is 26.4. The van der Waals surface area contributed by atoms with Crippen LogP contribution in [0.15, 0.2) is 78.9 Å². The lowest BCUT2D eigenvalue weighted by Gasteiger charge is -2.12. The number of rotatable bonds is 3. The quantitative estimate of drug-likeness (QED) is 0.452. The molecule has 122 valence electrons. The summed E-state index contributed by atoms with van der Waals surface area (Å²) in [6.07, 6.45) is 0. The number of para-hydroxylation sites is 1. The monoisotopic (exact) mass is 344 g/mol. The highest BCUT2D eigenvalue weighted by Crippen LogP contribution is 2.31. The summed E-state index contributed by atoms with van der Waals surface area (Å²) in [5.41, 5.74) is 6.27. The minimum atomic E-state index is 0.725. The van der Waals surface area contributed by atoms with E-state index in [9.17, 15) is 0 Å². The van der Waals surface area contributed by atoms with E-state index in [2.05, 4.69) is 48.6 Å². The second kappa shape index (κ2) is 6.58. The van der Waals surface area contributed by atoms with E-state index in [-0.39, 0.29) is 0 Å². The number of aromatic nitrogens is 1. The molecular formula is C22H17ClN2. The van der Waals surface area contributed by atoms with Crippen molar-refractivity contribution in [3.05, 3.63) is 89.4 Å². The Balaban J connectivity index is 1.83. The third kappa shape index (κ3) is 3.35. The van der Waals surface area contributed by atoms with Crippen LogP contribution in [0.1, 0.15) is 5.56 Å². The third-order valence-electron chi connectivity index (χ3n) is 4.19. The van der Waals surface area contributed by atoms with Gasteiger partial charge in [-0.15, -0.1) is 0 Å². The maximum Gasteiger partial charge on any atom is 0.0730 e. The first kappa shape index (κ1) is 15.7. The number of benzene rings is 3. The predicted octanol–water partition coefficient (Wildman–Crippen LogP) is 6.61. The van der Waals surface area contributed by atoms with Crippen LogP contribution >= 0.6 is 11.6 Å².